The van der Waals surface area contributed by atoms with Crippen molar-refractivity contribution < 1.29 is 9.13 Å². The summed E-state index contributed by atoms with van der Waals surface area (Å²) >= 11 is 0. The van der Waals surface area contributed by atoms with Crippen LogP contribution in [-0.2, 0) is 0 Å². The molecule has 0 atom stereocenters. The number of benzene rings is 1. The molecule has 5 heteroatoms. The number of methoxy groups -OCH3 is 1. The second-order valence-corrected chi connectivity index (χ2v) is 3.55. The molecule has 0 aliphatic carbocycles. The Balaban J connectivity index is 3.02. The van der Waals surface area contributed by atoms with Gasteiger partial charge in [0.05, 0.1) is 18.3 Å². The minimum absolute atomic E-state index is 0.000464. The number of nitrogen functional groups attached to an aromatic ring is 1. The first kappa shape index (κ1) is 10.5. The normalized spacial score (nSPS) is 10.7. The first-order valence-corrected chi connectivity index (χ1v) is 4.70. The number of halogens is 1. The zero-order valence-corrected chi connectivity index (χ0v) is 8.93. The second kappa shape index (κ2) is 3.52. The zero-order valence-electron chi connectivity index (χ0n) is 8.93. The SMILES string of the molecule is COc1c(F)c(N)cc2c(C)cc(=O)[nH]c12. The van der Waals surface area contributed by atoms with Crippen molar-refractivity contribution in [2.45, 2.75) is 6.92 Å². The molecule has 0 aliphatic heterocycles. The summed E-state index contributed by atoms with van der Waals surface area (Å²) in [7, 11) is 1.33. The van der Waals surface area contributed by atoms with E-state index in [0.717, 1.165) is 5.56 Å². The number of fused-ring (bicyclic) bond motifs is 1. The molecule has 1 heterocycles. The van der Waals surface area contributed by atoms with Crippen LogP contribution < -0.4 is 16.0 Å². The molecule has 16 heavy (non-hydrogen) atoms. The standard InChI is InChI=1S/C11H11FN2O2/c1-5-3-8(15)14-10-6(5)4-7(13)9(12)11(10)16-2/h3-4H,13H2,1-2H3,(H,14,15). The van der Waals surface area contributed by atoms with Crippen LogP contribution in [0.3, 0.4) is 0 Å². The summed E-state index contributed by atoms with van der Waals surface area (Å²) in [4.78, 5) is 13.8. The summed E-state index contributed by atoms with van der Waals surface area (Å²) < 4.78 is 18.5. The largest absolute Gasteiger partial charge is 0.491 e. The van der Waals surface area contributed by atoms with Gasteiger partial charge in [-0.15, -0.1) is 0 Å². The van der Waals surface area contributed by atoms with E-state index in [1.165, 1.54) is 19.2 Å². The van der Waals surface area contributed by atoms with Crippen molar-refractivity contribution in [3.63, 3.8) is 0 Å². The van der Waals surface area contributed by atoms with Gasteiger partial charge in [0.15, 0.2) is 11.6 Å². The lowest BCUT2D eigenvalue weighted by atomic mass is 10.1. The third kappa shape index (κ3) is 1.41. The molecule has 0 unspecified atom stereocenters. The van der Waals surface area contributed by atoms with Gasteiger partial charge in [0.2, 0.25) is 5.56 Å². The lowest BCUT2D eigenvalue weighted by Gasteiger charge is -2.10. The van der Waals surface area contributed by atoms with E-state index in [-0.39, 0.29) is 17.0 Å². The summed E-state index contributed by atoms with van der Waals surface area (Å²) in [5, 5.41) is 0.676. The van der Waals surface area contributed by atoms with Crippen LogP contribution in [0.15, 0.2) is 16.9 Å². The van der Waals surface area contributed by atoms with Crippen LogP contribution in [0.1, 0.15) is 5.56 Å². The number of hydrogen-bond acceptors (Lipinski definition) is 3. The molecular formula is C11H11FN2O2. The van der Waals surface area contributed by atoms with Gasteiger partial charge in [-0.1, -0.05) is 0 Å². The van der Waals surface area contributed by atoms with Gasteiger partial charge in [0.1, 0.15) is 0 Å². The molecule has 1 aromatic heterocycles. The van der Waals surface area contributed by atoms with Gasteiger partial charge in [0, 0.05) is 11.5 Å². The van der Waals surface area contributed by atoms with Gasteiger partial charge >= 0.3 is 0 Å². The first-order valence-electron chi connectivity index (χ1n) is 4.70. The molecular weight excluding hydrogens is 211 g/mol. The zero-order chi connectivity index (χ0) is 11.9. The number of H-pyrrole nitrogens is 1. The topological polar surface area (TPSA) is 68.1 Å². The molecule has 0 radical (unpaired) electrons. The Bertz CT molecular complexity index is 619. The molecule has 3 N–H and O–H groups in total. The maximum absolute atomic E-state index is 13.6. The maximum atomic E-state index is 13.6. The predicted octanol–water partition coefficient (Wildman–Crippen LogP) is 1.57. The predicted molar refractivity (Wildman–Crippen MR) is 60.2 cm³/mol. The molecule has 0 amide bonds. The Morgan fingerprint density at radius 3 is 2.75 bits per heavy atom. The van der Waals surface area contributed by atoms with Crippen LogP contribution in [0.4, 0.5) is 10.1 Å². The van der Waals surface area contributed by atoms with Crippen molar-refractivity contribution in [1.29, 1.82) is 0 Å². The number of rotatable bonds is 1. The van der Waals surface area contributed by atoms with E-state index in [2.05, 4.69) is 4.98 Å². The number of anilines is 1. The lowest BCUT2D eigenvalue weighted by molar-refractivity contribution is 0.392. The van der Waals surface area contributed by atoms with Crippen LogP contribution in [0.5, 0.6) is 5.75 Å². The smallest absolute Gasteiger partial charge is 0.248 e. The van der Waals surface area contributed by atoms with Crippen molar-refractivity contribution in [1.82, 2.24) is 4.98 Å². The van der Waals surface area contributed by atoms with Gasteiger partial charge in [-0.2, -0.15) is 0 Å². The highest BCUT2D eigenvalue weighted by Crippen LogP contribution is 2.31. The highest BCUT2D eigenvalue weighted by Gasteiger charge is 2.14. The van der Waals surface area contributed by atoms with E-state index < -0.39 is 5.82 Å². The van der Waals surface area contributed by atoms with E-state index in [9.17, 15) is 9.18 Å². The Morgan fingerprint density at radius 2 is 2.12 bits per heavy atom. The molecule has 0 saturated heterocycles. The van der Waals surface area contributed by atoms with Crippen molar-refractivity contribution in [3.8, 4) is 5.75 Å². The molecule has 2 rings (SSSR count). The second-order valence-electron chi connectivity index (χ2n) is 3.55. The van der Waals surface area contributed by atoms with Crippen molar-refractivity contribution in [2.75, 3.05) is 12.8 Å². The Kier molecular flexibility index (Phi) is 2.30. The van der Waals surface area contributed by atoms with E-state index in [1.807, 2.05) is 0 Å². The van der Waals surface area contributed by atoms with Crippen molar-refractivity contribution in [3.05, 3.63) is 33.9 Å². The Hall–Kier alpha value is -2.04. The molecule has 0 spiro atoms. The van der Waals surface area contributed by atoms with Gasteiger partial charge in [-0.05, 0) is 18.6 Å². The van der Waals surface area contributed by atoms with Gasteiger partial charge in [-0.3, -0.25) is 4.79 Å². The number of aromatic amines is 1. The van der Waals surface area contributed by atoms with Gasteiger partial charge in [0.25, 0.3) is 0 Å². The first-order chi connectivity index (χ1) is 7.54. The average Bonchev–Trinajstić information content (AvgIpc) is 2.22. The maximum Gasteiger partial charge on any atom is 0.248 e. The number of nitrogens with one attached hydrogen (secondary N) is 1. The fraction of sp³-hybridized carbons (Fsp3) is 0.182. The molecule has 2 aromatic rings. The minimum atomic E-state index is -0.656. The third-order valence-corrected chi connectivity index (χ3v) is 2.47. The average molecular weight is 222 g/mol. The summed E-state index contributed by atoms with van der Waals surface area (Å²) in [6, 6.07) is 2.91. The lowest BCUT2D eigenvalue weighted by Crippen LogP contribution is -2.07. The summed E-state index contributed by atoms with van der Waals surface area (Å²) in [6.45, 7) is 1.76. The highest BCUT2D eigenvalue weighted by molar-refractivity contribution is 5.90. The summed E-state index contributed by atoms with van der Waals surface area (Å²) in [6.07, 6.45) is 0. The van der Waals surface area contributed by atoms with E-state index in [4.69, 9.17) is 10.5 Å². The summed E-state index contributed by atoms with van der Waals surface area (Å²) in [5.74, 6) is -0.688. The summed E-state index contributed by atoms with van der Waals surface area (Å²) in [5.41, 5.74) is 6.28. The molecule has 0 aliphatic rings. The van der Waals surface area contributed by atoms with Gasteiger partial charge in [-0.25, -0.2) is 4.39 Å². The van der Waals surface area contributed by atoms with E-state index in [0.29, 0.717) is 10.9 Å². The fourth-order valence-electron chi connectivity index (χ4n) is 1.71. The monoisotopic (exact) mass is 222 g/mol. The molecule has 84 valence electrons. The fourth-order valence-corrected chi connectivity index (χ4v) is 1.71. The molecule has 4 nitrogen and oxygen atoms in total. The van der Waals surface area contributed by atoms with Crippen LogP contribution >= 0.6 is 0 Å². The van der Waals surface area contributed by atoms with Crippen LogP contribution in [0, 0.1) is 12.7 Å². The number of ether oxygens (including phenoxy) is 1. The van der Waals surface area contributed by atoms with E-state index >= 15 is 0 Å². The molecule has 0 fully saturated rings. The molecule has 0 saturated carbocycles. The van der Waals surface area contributed by atoms with Gasteiger partial charge < -0.3 is 15.5 Å². The Labute approximate surface area is 90.8 Å². The third-order valence-electron chi connectivity index (χ3n) is 2.47. The van der Waals surface area contributed by atoms with E-state index in [1.54, 1.807) is 6.92 Å². The number of aryl methyl sites for hydroxylation is 1. The molecule has 0 bridgehead atoms. The van der Waals surface area contributed by atoms with Crippen molar-refractivity contribution >= 4 is 16.6 Å². The minimum Gasteiger partial charge on any atom is -0.491 e. The quantitative estimate of drug-likeness (QED) is 0.719. The van der Waals surface area contributed by atoms with Crippen molar-refractivity contribution in [2.24, 2.45) is 0 Å². The highest BCUT2D eigenvalue weighted by atomic mass is 19.1. The Morgan fingerprint density at radius 1 is 1.44 bits per heavy atom. The number of aromatic nitrogens is 1. The van der Waals surface area contributed by atoms with Crippen LogP contribution in [0.25, 0.3) is 10.9 Å². The number of pyridine rings is 1. The number of hydrogen-bond donors (Lipinski definition) is 2. The van der Waals surface area contributed by atoms with Crippen LogP contribution in [0.2, 0.25) is 0 Å². The molecule has 1 aromatic carbocycles. The van der Waals surface area contributed by atoms with Crippen LogP contribution in [-0.4, -0.2) is 12.1 Å². The number of nitrogens with two attached hydrogens (primary N) is 1.